The molecule has 128 valence electrons. The standard InChI is InChI=1S/C11H19N3O.C4H4O4/c1-13(8-11(15)9-14(2)12)10-6-4-3-5-7-10;5-3-8-2-1-4(6)7/h3-7,11,15H,8-9,12H2,1-2H3;1-3H,(H,6,7)/b;2-1+. The molecule has 0 bridgehead atoms. The van der Waals surface area contributed by atoms with Gasteiger partial charge in [-0.05, 0) is 12.1 Å². The third-order valence-electron chi connectivity index (χ3n) is 2.53. The van der Waals surface area contributed by atoms with E-state index in [0.29, 0.717) is 19.2 Å². The summed E-state index contributed by atoms with van der Waals surface area (Å²) in [6.07, 6.45) is 1.06. The highest BCUT2D eigenvalue weighted by molar-refractivity contribution is 5.79. The minimum atomic E-state index is -1.15. The first-order chi connectivity index (χ1) is 10.9. The van der Waals surface area contributed by atoms with Crippen molar-refractivity contribution in [1.29, 1.82) is 0 Å². The van der Waals surface area contributed by atoms with Gasteiger partial charge in [-0.1, -0.05) is 18.2 Å². The number of benzene rings is 1. The Balaban J connectivity index is 0.000000515. The van der Waals surface area contributed by atoms with Gasteiger partial charge in [-0.2, -0.15) is 0 Å². The van der Waals surface area contributed by atoms with Crippen molar-refractivity contribution < 1.29 is 24.5 Å². The number of likely N-dealkylation sites (N-methyl/N-ethyl adjacent to an activating group) is 2. The summed E-state index contributed by atoms with van der Waals surface area (Å²) < 4.78 is 3.90. The topological polar surface area (TPSA) is 116 Å². The molecule has 1 rings (SSSR count). The summed E-state index contributed by atoms with van der Waals surface area (Å²) in [5, 5.41) is 19.0. The van der Waals surface area contributed by atoms with Gasteiger partial charge >= 0.3 is 5.97 Å². The Morgan fingerprint density at radius 3 is 2.39 bits per heavy atom. The van der Waals surface area contributed by atoms with Crippen molar-refractivity contribution in [3.63, 3.8) is 0 Å². The molecule has 0 heterocycles. The number of hydrogen-bond acceptors (Lipinski definition) is 7. The number of nitrogens with zero attached hydrogens (tertiary/aromatic N) is 2. The molecule has 0 aliphatic carbocycles. The molecule has 1 unspecified atom stereocenters. The van der Waals surface area contributed by atoms with Gasteiger partial charge in [0.05, 0.1) is 12.2 Å². The van der Waals surface area contributed by atoms with Crippen LogP contribution >= 0.6 is 0 Å². The van der Waals surface area contributed by atoms with E-state index in [1.165, 1.54) is 5.01 Å². The molecule has 1 aromatic carbocycles. The summed E-state index contributed by atoms with van der Waals surface area (Å²) in [5.41, 5.74) is 1.09. The molecule has 0 aromatic heterocycles. The van der Waals surface area contributed by atoms with Crippen LogP contribution in [0.1, 0.15) is 0 Å². The van der Waals surface area contributed by atoms with Crippen molar-refractivity contribution in [3.8, 4) is 0 Å². The number of carbonyl (C=O) groups is 2. The van der Waals surface area contributed by atoms with Gasteiger partial charge < -0.3 is 19.8 Å². The molecular weight excluding hydrogens is 302 g/mol. The van der Waals surface area contributed by atoms with Gasteiger partial charge in [-0.25, -0.2) is 9.80 Å². The van der Waals surface area contributed by atoms with Crippen LogP contribution in [0.4, 0.5) is 5.69 Å². The average molecular weight is 325 g/mol. The van der Waals surface area contributed by atoms with E-state index in [9.17, 15) is 14.7 Å². The second-order valence-electron chi connectivity index (χ2n) is 4.68. The van der Waals surface area contributed by atoms with Crippen LogP contribution in [0, 0.1) is 0 Å². The lowest BCUT2D eigenvalue weighted by Crippen LogP contribution is -2.40. The molecule has 8 heteroatoms. The molecule has 1 aromatic rings. The molecule has 8 nitrogen and oxygen atoms in total. The third-order valence-corrected chi connectivity index (χ3v) is 2.53. The molecule has 0 radical (unpaired) electrons. The molecule has 0 aliphatic rings. The third kappa shape index (κ3) is 11.9. The normalized spacial score (nSPS) is 11.5. The number of rotatable bonds is 8. The van der Waals surface area contributed by atoms with E-state index in [4.69, 9.17) is 10.9 Å². The zero-order chi connectivity index (χ0) is 17.7. The zero-order valence-electron chi connectivity index (χ0n) is 13.2. The summed E-state index contributed by atoms with van der Waals surface area (Å²) >= 11 is 0. The molecule has 0 spiro atoms. The van der Waals surface area contributed by atoms with Gasteiger partial charge in [0.15, 0.2) is 0 Å². The van der Waals surface area contributed by atoms with Gasteiger partial charge in [0.25, 0.3) is 6.47 Å². The van der Waals surface area contributed by atoms with Crippen LogP contribution in [-0.2, 0) is 14.3 Å². The summed E-state index contributed by atoms with van der Waals surface area (Å²) in [6, 6.07) is 9.96. The van der Waals surface area contributed by atoms with E-state index in [1.807, 2.05) is 42.3 Å². The second kappa shape index (κ2) is 12.2. The quantitative estimate of drug-likeness (QED) is 0.202. The van der Waals surface area contributed by atoms with Gasteiger partial charge in [0, 0.05) is 32.9 Å². The summed E-state index contributed by atoms with van der Waals surface area (Å²) in [6.45, 7) is 1.18. The van der Waals surface area contributed by atoms with Crippen LogP contribution in [0.3, 0.4) is 0 Å². The van der Waals surface area contributed by atoms with Gasteiger partial charge in [-0.3, -0.25) is 10.6 Å². The van der Waals surface area contributed by atoms with E-state index < -0.39 is 12.1 Å². The summed E-state index contributed by atoms with van der Waals surface area (Å²) in [5.74, 6) is 4.32. The number of carboxylic acid groups (broad SMARTS) is 1. The maximum atomic E-state index is 9.69. The van der Waals surface area contributed by atoms with Crippen molar-refractivity contribution in [2.24, 2.45) is 5.84 Å². The highest BCUT2D eigenvalue weighted by atomic mass is 16.5. The average Bonchev–Trinajstić information content (AvgIpc) is 2.48. The SMILES string of the molecule is CN(N)CC(O)CN(C)c1ccccc1.O=CO/C=C/C(=O)O. The van der Waals surface area contributed by atoms with Crippen molar-refractivity contribution in [1.82, 2.24) is 5.01 Å². The van der Waals surface area contributed by atoms with Crippen molar-refractivity contribution in [2.45, 2.75) is 6.10 Å². The monoisotopic (exact) mass is 325 g/mol. The highest BCUT2D eigenvalue weighted by Gasteiger charge is 2.09. The maximum absolute atomic E-state index is 9.69. The number of nitrogens with two attached hydrogens (primary N) is 1. The number of ether oxygens (including phenoxy) is 1. The zero-order valence-corrected chi connectivity index (χ0v) is 13.2. The predicted molar refractivity (Wildman–Crippen MR) is 86.5 cm³/mol. The minimum absolute atomic E-state index is 0.138. The first-order valence-corrected chi connectivity index (χ1v) is 6.75. The van der Waals surface area contributed by atoms with E-state index >= 15 is 0 Å². The van der Waals surface area contributed by atoms with Crippen molar-refractivity contribution >= 4 is 18.1 Å². The first-order valence-electron chi connectivity index (χ1n) is 6.75. The Kier molecular flexibility index (Phi) is 10.9. The van der Waals surface area contributed by atoms with Gasteiger partial charge in [-0.15, -0.1) is 0 Å². The number of carbonyl (C=O) groups excluding carboxylic acids is 1. The molecular formula is C15H23N3O5. The number of carboxylic acids is 1. The molecule has 0 saturated heterocycles. The van der Waals surface area contributed by atoms with Crippen LogP contribution in [-0.4, -0.2) is 61.0 Å². The number of aliphatic hydroxyl groups is 1. The molecule has 0 saturated carbocycles. The number of aliphatic hydroxyl groups excluding tert-OH is 1. The largest absolute Gasteiger partial charge is 0.478 e. The van der Waals surface area contributed by atoms with Crippen LogP contribution in [0.5, 0.6) is 0 Å². The molecule has 0 amide bonds. The predicted octanol–water partition coefficient (Wildman–Crippen LogP) is 0.0469. The summed E-state index contributed by atoms with van der Waals surface area (Å²) in [4.78, 5) is 20.9. The Morgan fingerprint density at radius 1 is 1.30 bits per heavy atom. The van der Waals surface area contributed by atoms with Crippen LogP contribution < -0.4 is 10.7 Å². The number of anilines is 1. The lowest BCUT2D eigenvalue weighted by atomic mass is 10.2. The lowest BCUT2D eigenvalue weighted by Gasteiger charge is -2.24. The van der Waals surface area contributed by atoms with Crippen LogP contribution in [0.15, 0.2) is 42.7 Å². The Bertz CT molecular complexity index is 479. The Labute approximate surface area is 135 Å². The number of para-hydroxylation sites is 1. The molecule has 23 heavy (non-hydrogen) atoms. The van der Waals surface area contributed by atoms with Gasteiger partial charge in [0.1, 0.15) is 6.26 Å². The molecule has 1 atom stereocenters. The fraction of sp³-hybridized carbons (Fsp3) is 0.333. The fourth-order valence-corrected chi connectivity index (χ4v) is 1.62. The van der Waals surface area contributed by atoms with E-state index in [-0.39, 0.29) is 6.47 Å². The molecule has 4 N–H and O–H groups in total. The van der Waals surface area contributed by atoms with Gasteiger partial charge in [0.2, 0.25) is 0 Å². The van der Waals surface area contributed by atoms with Crippen molar-refractivity contribution in [3.05, 3.63) is 42.7 Å². The van der Waals surface area contributed by atoms with Crippen LogP contribution in [0.2, 0.25) is 0 Å². The van der Waals surface area contributed by atoms with Crippen LogP contribution in [0.25, 0.3) is 0 Å². The summed E-state index contributed by atoms with van der Waals surface area (Å²) in [7, 11) is 3.70. The molecule has 0 aliphatic heterocycles. The Hall–Kier alpha value is -2.42. The lowest BCUT2D eigenvalue weighted by molar-refractivity contribution is -0.131. The fourth-order valence-electron chi connectivity index (χ4n) is 1.62. The van der Waals surface area contributed by atoms with E-state index in [2.05, 4.69) is 4.74 Å². The van der Waals surface area contributed by atoms with E-state index in [1.54, 1.807) is 7.05 Å². The number of hydrogen-bond donors (Lipinski definition) is 3. The van der Waals surface area contributed by atoms with Crippen molar-refractivity contribution in [2.75, 3.05) is 32.1 Å². The van der Waals surface area contributed by atoms with E-state index in [0.717, 1.165) is 11.9 Å². The second-order valence-corrected chi connectivity index (χ2v) is 4.68. The minimum Gasteiger partial charge on any atom is -0.478 e. The number of aliphatic carboxylic acids is 1. The highest BCUT2D eigenvalue weighted by Crippen LogP contribution is 2.10. The first kappa shape index (κ1) is 20.6. The maximum Gasteiger partial charge on any atom is 0.331 e. The smallest absolute Gasteiger partial charge is 0.331 e. The Morgan fingerprint density at radius 2 is 1.91 bits per heavy atom. The molecule has 0 fully saturated rings. The number of hydrazine groups is 1.